The van der Waals surface area contributed by atoms with E-state index in [9.17, 15) is 9.59 Å². The van der Waals surface area contributed by atoms with Gasteiger partial charge in [0.25, 0.3) is 0 Å². The lowest BCUT2D eigenvalue weighted by molar-refractivity contribution is -0.145. The molecule has 0 aliphatic carbocycles. The molecule has 0 saturated carbocycles. The lowest BCUT2D eigenvalue weighted by Crippen LogP contribution is -2.42. The van der Waals surface area contributed by atoms with Crippen molar-refractivity contribution in [2.75, 3.05) is 7.11 Å². The third-order valence-electron chi connectivity index (χ3n) is 2.42. The smallest absolute Gasteiger partial charge is 0.415 e. The highest BCUT2D eigenvalue weighted by atomic mass is 16.6. The second kappa shape index (κ2) is 4.77. The molecule has 1 atom stereocenters. The largest absolute Gasteiger partial charge is 0.467 e. The van der Waals surface area contributed by atoms with Crippen molar-refractivity contribution >= 4 is 12.1 Å². The Morgan fingerprint density at radius 1 is 1.41 bits per heavy atom. The summed E-state index contributed by atoms with van der Waals surface area (Å²) in [6.45, 7) is 9.09. The second-order valence-electron chi connectivity index (χ2n) is 4.99. The van der Waals surface area contributed by atoms with Crippen LogP contribution in [0.1, 0.15) is 33.6 Å². The molecule has 1 saturated heterocycles. The lowest BCUT2D eigenvalue weighted by Gasteiger charge is -2.27. The van der Waals surface area contributed by atoms with Gasteiger partial charge in [-0.3, -0.25) is 4.90 Å². The van der Waals surface area contributed by atoms with Crippen LogP contribution < -0.4 is 0 Å². The van der Waals surface area contributed by atoms with Crippen molar-refractivity contribution in [3.05, 3.63) is 12.3 Å². The zero-order valence-electron chi connectivity index (χ0n) is 10.8. The van der Waals surface area contributed by atoms with Crippen molar-refractivity contribution < 1.29 is 19.1 Å². The van der Waals surface area contributed by atoms with E-state index in [2.05, 4.69) is 11.3 Å². The summed E-state index contributed by atoms with van der Waals surface area (Å²) in [4.78, 5) is 24.8. The van der Waals surface area contributed by atoms with Gasteiger partial charge in [0, 0.05) is 5.70 Å². The molecule has 1 heterocycles. The SMILES string of the molecule is C=C1CCC(C(=O)OC)N1C(=O)OC(C)(C)C. The van der Waals surface area contributed by atoms with Crippen LogP contribution in [0.3, 0.4) is 0 Å². The first-order chi connectivity index (χ1) is 7.76. The van der Waals surface area contributed by atoms with E-state index in [0.717, 1.165) is 0 Å². The fraction of sp³-hybridized carbons (Fsp3) is 0.667. The predicted molar refractivity (Wildman–Crippen MR) is 62.3 cm³/mol. The molecule has 0 N–H and O–H groups in total. The summed E-state index contributed by atoms with van der Waals surface area (Å²) in [7, 11) is 1.30. The summed E-state index contributed by atoms with van der Waals surface area (Å²) in [5, 5.41) is 0. The Balaban J connectivity index is 2.81. The standard InChI is InChI=1S/C12H19NO4/c1-8-6-7-9(10(14)16-5)13(8)11(15)17-12(2,3)4/h9H,1,6-7H2,2-5H3. The third-order valence-corrected chi connectivity index (χ3v) is 2.42. The molecule has 0 aromatic rings. The van der Waals surface area contributed by atoms with E-state index in [1.54, 1.807) is 20.8 Å². The first-order valence-corrected chi connectivity index (χ1v) is 5.54. The van der Waals surface area contributed by atoms with E-state index in [-0.39, 0.29) is 0 Å². The van der Waals surface area contributed by atoms with Crippen molar-refractivity contribution in [3.63, 3.8) is 0 Å². The molecule has 1 rings (SSSR count). The number of ether oxygens (including phenoxy) is 2. The number of esters is 1. The Morgan fingerprint density at radius 2 is 2.00 bits per heavy atom. The van der Waals surface area contributed by atoms with Gasteiger partial charge >= 0.3 is 12.1 Å². The normalized spacial score (nSPS) is 20.4. The zero-order valence-corrected chi connectivity index (χ0v) is 10.8. The third kappa shape index (κ3) is 3.22. The van der Waals surface area contributed by atoms with Gasteiger partial charge < -0.3 is 9.47 Å². The summed E-state index contributed by atoms with van der Waals surface area (Å²) < 4.78 is 9.90. The van der Waals surface area contributed by atoms with Crippen LogP contribution in [0.25, 0.3) is 0 Å². The van der Waals surface area contributed by atoms with Crippen LogP contribution in [0.15, 0.2) is 12.3 Å². The second-order valence-corrected chi connectivity index (χ2v) is 4.99. The predicted octanol–water partition coefficient (Wildman–Crippen LogP) is 2.07. The molecule has 5 heteroatoms. The summed E-state index contributed by atoms with van der Waals surface area (Å²) in [5.74, 6) is -0.436. The van der Waals surface area contributed by atoms with Crippen LogP contribution in [0.5, 0.6) is 0 Å². The minimum absolute atomic E-state index is 0.436. The Morgan fingerprint density at radius 3 is 2.47 bits per heavy atom. The quantitative estimate of drug-likeness (QED) is 0.659. The van der Waals surface area contributed by atoms with E-state index in [1.807, 2.05) is 0 Å². The topological polar surface area (TPSA) is 55.8 Å². The van der Waals surface area contributed by atoms with E-state index in [1.165, 1.54) is 12.0 Å². The van der Waals surface area contributed by atoms with Crippen LogP contribution >= 0.6 is 0 Å². The molecule has 17 heavy (non-hydrogen) atoms. The van der Waals surface area contributed by atoms with Crippen molar-refractivity contribution in [3.8, 4) is 0 Å². The number of carbonyl (C=O) groups excluding carboxylic acids is 2. The number of amides is 1. The fourth-order valence-electron chi connectivity index (χ4n) is 1.70. The molecular weight excluding hydrogens is 222 g/mol. The van der Waals surface area contributed by atoms with Crippen LogP contribution in [0.2, 0.25) is 0 Å². The number of carbonyl (C=O) groups is 2. The van der Waals surface area contributed by atoms with Crippen LogP contribution in [-0.2, 0) is 14.3 Å². The van der Waals surface area contributed by atoms with Gasteiger partial charge in [-0.1, -0.05) is 6.58 Å². The van der Waals surface area contributed by atoms with E-state index in [0.29, 0.717) is 18.5 Å². The van der Waals surface area contributed by atoms with Crippen molar-refractivity contribution in [1.29, 1.82) is 0 Å². The number of allylic oxidation sites excluding steroid dienone is 1. The molecule has 1 unspecified atom stereocenters. The molecule has 1 fully saturated rings. The van der Waals surface area contributed by atoms with E-state index >= 15 is 0 Å². The summed E-state index contributed by atoms with van der Waals surface area (Å²) >= 11 is 0. The minimum Gasteiger partial charge on any atom is -0.467 e. The molecule has 1 aliphatic heterocycles. The molecule has 96 valence electrons. The van der Waals surface area contributed by atoms with Gasteiger partial charge in [-0.2, -0.15) is 0 Å². The van der Waals surface area contributed by atoms with Crippen molar-refractivity contribution in [2.24, 2.45) is 0 Å². The monoisotopic (exact) mass is 241 g/mol. The highest BCUT2D eigenvalue weighted by molar-refractivity contribution is 5.83. The molecule has 0 bridgehead atoms. The summed E-state index contributed by atoms with van der Waals surface area (Å²) in [6, 6.07) is -0.609. The highest BCUT2D eigenvalue weighted by Gasteiger charge is 2.39. The Kier molecular flexibility index (Phi) is 3.80. The first-order valence-electron chi connectivity index (χ1n) is 5.54. The van der Waals surface area contributed by atoms with Crippen LogP contribution in [-0.4, -0.2) is 35.7 Å². The molecular formula is C12H19NO4. The van der Waals surface area contributed by atoms with Crippen molar-refractivity contribution in [1.82, 2.24) is 4.90 Å². The summed E-state index contributed by atoms with van der Waals surface area (Å²) in [6.07, 6.45) is 0.583. The molecule has 0 spiro atoms. The number of methoxy groups -OCH3 is 1. The number of hydrogen-bond acceptors (Lipinski definition) is 4. The van der Waals surface area contributed by atoms with E-state index < -0.39 is 23.7 Å². The number of hydrogen-bond donors (Lipinski definition) is 0. The zero-order chi connectivity index (χ0) is 13.2. The molecule has 1 aliphatic rings. The van der Waals surface area contributed by atoms with Gasteiger partial charge in [0.1, 0.15) is 11.6 Å². The molecule has 1 amide bonds. The first kappa shape index (κ1) is 13.5. The van der Waals surface area contributed by atoms with Gasteiger partial charge in [0.2, 0.25) is 0 Å². The molecule has 0 aromatic heterocycles. The van der Waals surface area contributed by atoms with Gasteiger partial charge in [0.15, 0.2) is 0 Å². The van der Waals surface area contributed by atoms with Gasteiger partial charge in [-0.05, 0) is 33.6 Å². The number of likely N-dealkylation sites (tertiary alicyclic amines) is 1. The van der Waals surface area contributed by atoms with Crippen LogP contribution in [0.4, 0.5) is 4.79 Å². The maximum Gasteiger partial charge on any atom is 0.415 e. The number of nitrogens with zero attached hydrogens (tertiary/aromatic N) is 1. The minimum atomic E-state index is -0.609. The maximum atomic E-state index is 11.9. The summed E-state index contributed by atoms with van der Waals surface area (Å²) in [5.41, 5.74) is -0.00434. The molecule has 0 radical (unpaired) electrons. The maximum absolute atomic E-state index is 11.9. The lowest BCUT2D eigenvalue weighted by atomic mass is 10.2. The highest BCUT2D eigenvalue weighted by Crippen LogP contribution is 2.28. The molecule has 0 aromatic carbocycles. The number of rotatable bonds is 1. The Hall–Kier alpha value is -1.52. The average molecular weight is 241 g/mol. The van der Waals surface area contributed by atoms with Crippen molar-refractivity contribution in [2.45, 2.75) is 45.3 Å². The van der Waals surface area contributed by atoms with Gasteiger partial charge in [-0.25, -0.2) is 9.59 Å². The van der Waals surface area contributed by atoms with E-state index in [4.69, 9.17) is 4.74 Å². The Labute approximate surface area is 101 Å². The average Bonchev–Trinajstić information content (AvgIpc) is 2.56. The van der Waals surface area contributed by atoms with Crippen LogP contribution in [0, 0.1) is 0 Å². The fourth-order valence-corrected chi connectivity index (χ4v) is 1.70. The Bertz CT molecular complexity index is 343. The van der Waals surface area contributed by atoms with Gasteiger partial charge in [0.05, 0.1) is 7.11 Å². The molecule has 5 nitrogen and oxygen atoms in total. The van der Waals surface area contributed by atoms with Gasteiger partial charge in [-0.15, -0.1) is 0 Å².